The van der Waals surface area contributed by atoms with Crippen molar-refractivity contribution in [1.82, 2.24) is 9.13 Å². The Labute approximate surface area is 140 Å². The van der Waals surface area contributed by atoms with Gasteiger partial charge in [0.05, 0.1) is 17.6 Å². The number of aryl methyl sites for hydroxylation is 3. The number of ether oxygens (including phenoxy) is 1. The third-order valence-corrected chi connectivity index (χ3v) is 4.27. The van der Waals surface area contributed by atoms with Gasteiger partial charge in [-0.05, 0) is 37.1 Å². The van der Waals surface area contributed by atoms with Gasteiger partial charge in [-0.1, -0.05) is 30.3 Å². The van der Waals surface area contributed by atoms with Crippen LogP contribution in [0.25, 0.3) is 11.0 Å². The average molecular weight is 326 g/mol. The number of hydrogen-bond acceptors (Lipinski definition) is 3. The molecule has 0 saturated carbocycles. The van der Waals surface area contributed by atoms with E-state index in [1.807, 2.05) is 56.3 Å². The first-order valence-electron chi connectivity index (χ1n) is 8.00. The Hall–Kier alpha value is -2.53. The summed E-state index contributed by atoms with van der Waals surface area (Å²) in [5, 5.41) is 10.3. The van der Waals surface area contributed by atoms with Gasteiger partial charge in [-0.25, -0.2) is 4.79 Å². The molecular formula is C19H22N2O3. The first-order chi connectivity index (χ1) is 11.5. The van der Waals surface area contributed by atoms with Gasteiger partial charge >= 0.3 is 5.69 Å². The third-order valence-electron chi connectivity index (χ3n) is 4.27. The number of rotatable bonds is 5. The fourth-order valence-electron chi connectivity index (χ4n) is 3.01. The predicted octanol–water partition coefficient (Wildman–Crippen LogP) is 2.40. The second-order valence-electron chi connectivity index (χ2n) is 6.13. The summed E-state index contributed by atoms with van der Waals surface area (Å²) in [6, 6.07) is 13.5. The molecule has 1 N–H and O–H groups in total. The van der Waals surface area contributed by atoms with Crippen LogP contribution in [-0.2, 0) is 13.6 Å². The second-order valence-corrected chi connectivity index (χ2v) is 6.13. The molecule has 1 heterocycles. The van der Waals surface area contributed by atoms with Crippen molar-refractivity contribution in [2.75, 3.05) is 6.61 Å². The van der Waals surface area contributed by atoms with E-state index in [1.165, 1.54) is 0 Å². The number of imidazole rings is 1. The van der Waals surface area contributed by atoms with Gasteiger partial charge in [0.25, 0.3) is 0 Å². The molecule has 0 bridgehead atoms. The number of hydrogen-bond donors (Lipinski definition) is 1. The zero-order chi connectivity index (χ0) is 17.3. The van der Waals surface area contributed by atoms with Gasteiger partial charge in [-0.15, -0.1) is 0 Å². The summed E-state index contributed by atoms with van der Waals surface area (Å²) in [5.74, 6) is 0.793. The first kappa shape index (κ1) is 16.3. The van der Waals surface area contributed by atoms with Gasteiger partial charge in [-0.2, -0.15) is 0 Å². The zero-order valence-electron chi connectivity index (χ0n) is 14.2. The number of fused-ring (bicyclic) bond motifs is 1. The maximum absolute atomic E-state index is 12.4. The largest absolute Gasteiger partial charge is 0.490 e. The zero-order valence-corrected chi connectivity index (χ0v) is 14.2. The topological polar surface area (TPSA) is 56.4 Å². The summed E-state index contributed by atoms with van der Waals surface area (Å²) in [7, 11) is 1.74. The van der Waals surface area contributed by atoms with Crippen LogP contribution >= 0.6 is 0 Å². The smallest absolute Gasteiger partial charge is 0.328 e. The second kappa shape index (κ2) is 6.53. The molecule has 0 amide bonds. The van der Waals surface area contributed by atoms with Gasteiger partial charge in [-0.3, -0.25) is 9.13 Å². The average Bonchev–Trinajstić information content (AvgIpc) is 2.80. The van der Waals surface area contributed by atoms with Crippen molar-refractivity contribution in [3.63, 3.8) is 0 Å². The Morgan fingerprint density at radius 3 is 2.33 bits per heavy atom. The molecule has 5 heteroatoms. The Bertz CT molecular complexity index is 904. The minimum atomic E-state index is -0.771. The van der Waals surface area contributed by atoms with Crippen LogP contribution in [0, 0.1) is 13.8 Å². The molecule has 126 valence electrons. The standard InChI is InChI=1S/C19H22N2O3/c1-13-7-6-8-14(2)18(13)24-12-15(22)11-21-17-10-5-4-9-16(17)20(3)19(21)23/h4-10,15,22H,11-12H2,1-3H3/t15-/m0/s1. The summed E-state index contributed by atoms with van der Waals surface area (Å²) in [4.78, 5) is 12.4. The summed E-state index contributed by atoms with van der Waals surface area (Å²) in [6.45, 7) is 4.29. The normalized spacial score (nSPS) is 12.5. The molecular weight excluding hydrogens is 304 g/mol. The van der Waals surface area contributed by atoms with E-state index in [9.17, 15) is 9.90 Å². The molecule has 1 aromatic heterocycles. The predicted molar refractivity (Wildman–Crippen MR) is 94.6 cm³/mol. The fourth-order valence-corrected chi connectivity index (χ4v) is 3.01. The van der Waals surface area contributed by atoms with Crippen LogP contribution < -0.4 is 10.4 Å². The molecule has 0 unspecified atom stereocenters. The molecule has 1 atom stereocenters. The van der Waals surface area contributed by atoms with E-state index >= 15 is 0 Å². The lowest BCUT2D eigenvalue weighted by molar-refractivity contribution is 0.0918. The summed E-state index contributed by atoms with van der Waals surface area (Å²) >= 11 is 0. The lowest BCUT2D eigenvalue weighted by atomic mass is 10.1. The fraction of sp³-hybridized carbons (Fsp3) is 0.316. The van der Waals surface area contributed by atoms with Crippen molar-refractivity contribution >= 4 is 11.0 Å². The van der Waals surface area contributed by atoms with Crippen LogP contribution in [0.15, 0.2) is 47.3 Å². The highest BCUT2D eigenvalue weighted by Gasteiger charge is 2.15. The Balaban J connectivity index is 1.78. The molecule has 0 aliphatic rings. The van der Waals surface area contributed by atoms with Gasteiger partial charge in [0.15, 0.2) is 0 Å². The minimum Gasteiger partial charge on any atom is -0.490 e. The number of aliphatic hydroxyl groups is 1. The van der Waals surface area contributed by atoms with E-state index in [4.69, 9.17) is 4.74 Å². The van der Waals surface area contributed by atoms with E-state index < -0.39 is 6.10 Å². The van der Waals surface area contributed by atoms with Crippen LogP contribution in [0.4, 0.5) is 0 Å². The first-order valence-corrected chi connectivity index (χ1v) is 8.00. The molecule has 3 rings (SSSR count). The van der Waals surface area contributed by atoms with Crippen molar-refractivity contribution in [2.24, 2.45) is 7.05 Å². The Morgan fingerprint density at radius 1 is 1.04 bits per heavy atom. The molecule has 24 heavy (non-hydrogen) atoms. The molecule has 5 nitrogen and oxygen atoms in total. The number of aliphatic hydroxyl groups excluding tert-OH is 1. The number of para-hydroxylation sites is 3. The molecule has 0 aliphatic carbocycles. The van der Waals surface area contributed by atoms with E-state index in [1.54, 1.807) is 16.2 Å². The third kappa shape index (κ3) is 2.95. The van der Waals surface area contributed by atoms with E-state index in [-0.39, 0.29) is 18.8 Å². The monoisotopic (exact) mass is 326 g/mol. The molecule has 0 fully saturated rings. The highest BCUT2D eigenvalue weighted by atomic mass is 16.5. The Morgan fingerprint density at radius 2 is 1.67 bits per heavy atom. The Kier molecular flexibility index (Phi) is 4.44. The van der Waals surface area contributed by atoms with Crippen molar-refractivity contribution in [2.45, 2.75) is 26.5 Å². The highest BCUT2D eigenvalue weighted by molar-refractivity contribution is 5.75. The number of aromatic nitrogens is 2. The van der Waals surface area contributed by atoms with Crippen LogP contribution in [0.3, 0.4) is 0 Å². The van der Waals surface area contributed by atoms with Gasteiger partial charge in [0.1, 0.15) is 18.5 Å². The van der Waals surface area contributed by atoms with Crippen molar-refractivity contribution in [1.29, 1.82) is 0 Å². The SMILES string of the molecule is Cc1cccc(C)c1OC[C@@H](O)Cn1c(=O)n(C)c2ccccc21. The van der Waals surface area contributed by atoms with E-state index in [0.29, 0.717) is 0 Å². The summed E-state index contributed by atoms with van der Waals surface area (Å²) in [5.41, 5.74) is 3.60. The number of benzene rings is 2. The summed E-state index contributed by atoms with van der Waals surface area (Å²) in [6.07, 6.45) is -0.771. The van der Waals surface area contributed by atoms with Crippen molar-refractivity contribution in [3.05, 3.63) is 64.1 Å². The number of nitrogens with zero attached hydrogens (tertiary/aromatic N) is 2. The van der Waals surface area contributed by atoms with E-state index in [2.05, 4.69) is 0 Å². The lowest BCUT2D eigenvalue weighted by Gasteiger charge is -2.16. The van der Waals surface area contributed by atoms with Crippen LogP contribution in [0.2, 0.25) is 0 Å². The lowest BCUT2D eigenvalue weighted by Crippen LogP contribution is -2.30. The summed E-state index contributed by atoms with van der Waals surface area (Å²) < 4.78 is 8.97. The molecule has 3 aromatic rings. The molecule has 0 saturated heterocycles. The van der Waals surface area contributed by atoms with Crippen LogP contribution in [0.1, 0.15) is 11.1 Å². The van der Waals surface area contributed by atoms with Gasteiger partial charge < -0.3 is 9.84 Å². The van der Waals surface area contributed by atoms with Crippen LogP contribution in [-0.4, -0.2) is 27.0 Å². The van der Waals surface area contributed by atoms with Crippen LogP contribution in [0.5, 0.6) is 5.75 Å². The highest BCUT2D eigenvalue weighted by Crippen LogP contribution is 2.22. The van der Waals surface area contributed by atoms with Gasteiger partial charge in [0, 0.05) is 7.05 Å². The van der Waals surface area contributed by atoms with Crippen molar-refractivity contribution in [3.8, 4) is 5.75 Å². The van der Waals surface area contributed by atoms with E-state index in [0.717, 1.165) is 27.9 Å². The quantitative estimate of drug-likeness (QED) is 0.783. The minimum absolute atomic E-state index is 0.137. The molecule has 2 aromatic carbocycles. The van der Waals surface area contributed by atoms with Gasteiger partial charge in [0.2, 0.25) is 0 Å². The molecule has 0 spiro atoms. The molecule has 0 radical (unpaired) electrons. The molecule has 0 aliphatic heterocycles. The van der Waals surface area contributed by atoms with Crippen molar-refractivity contribution < 1.29 is 9.84 Å². The maximum Gasteiger partial charge on any atom is 0.328 e. The maximum atomic E-state index is 12.4.